The third kappa shape index (κ3) is 5.42. The van der Waals surface area contributed by atoms with E-state index < -0.39 is 42.0 Å². The van der Waals surface area contributed by atoms with Gasteiger partial charge in [-0.15, -0.1) is 0 Å². The highest BCUT2D eigenvalue weighted by Crippen LogP contribution is 2.52. The van der Waals surface area contributed by atoms with Gasteiger partial charge in [-0.3, -0.25) is 4.79 Å². The zero-order valence-electron chi connectivity index (χ0n) is 19.9. The van der Waals surface area contributed by atoms with Gasteiger partial charge < -0.3 is 28.8 Å². The second-order valence-corrected chi connectivity index (χ2v) is 8.65. The molecule has 34 heavy (non-hydrogen) atoms. The Morgan fingerprint density at radius 1 is 1.15 bits per heavy atom. The minimum Gasteiger partial charge on any atom is -0.497 e. The lowest BCUT2D eigenvalue weighted by atomic mass is 9.86. The summed E-state index contributed by atoms with van der Waals surface area (Å²) in [6.07, 6.45) is -1.62. The van der Waals surface area contributed by atoms with E-state index >= 15 is 0 Å². The molecule has 0 bridgehead atoms. The van der Waals surface area contributed by atoms with Crippen molar-refractivity contribution in [2.24, 2.45) is 23.7 Å². The summed E-state index contributed by atoms with van der Waals surface area (Å²) in [5.74, 6) is -4.25. The van der Waals surface area contributed by atoms with Crippen LogP contribution in [0.25, 0.3) is 0 Å². The van der Waals surface area contributed by atoms with Crippen LogP contribution in [-0.4, -0.2) is 62.2 Å². The predicted molar refractivity (Wildman–Crippen MR) is 119 cm³/mol. The van der Waals surface area contributed by atoms with Crippen molar-refractivity contribution in [2.45, 2.75) is 45.2 Å². The molecule has 2 saturated carbocycles. The molecule has 2 unspecified atom stereocenters. The number of esters is 3. The van der Waals surface area contributed by atoms with Crippen LogP contribution in [0.15, 0.2) is 36.4 Å². The number of carbonyl (C=O) groups is 3. The molecule has 2 aliphatic carbocycles. The van der Waals surface area contributed by atoms with Crippen LogP contribution < -0.4 is 4.74 Å². The first kappa shape index (κ1) is 25.7. The fourth-order valence-corrected chi connectivity index (χ4v) is 4.76. The number of aliphatic hydroxyl groups excluding tert-OH is 1. The van der Waals surface area contributed by atoms with Gasteiger partial charge in [0, 0.05) is 11.8 Å². The largest absolute Gasteiger partial charge is 0.497 e. The summed E-state index contributed by atoms with van der Waals surface area (Å²) in [5.41, 5.74) is 1.79. The maximum absolute atomic E-state index is 12.4. The zero-order valence-corrected chi connectivity index (χ0v) is 19.9. The number of ether oxygens (including phenoxy) is 5. The highest BCUT2D eigenvalue weighted by Gasteiger charge is 2.64. The minimum absolute atomic E-state index is 0.0962. The standard InChI is InChI=1S/C25H32O9/c1-6-32-23(27)20-19(22(20)34-25(29)24(28)31-5)21(26)18-13(2)11-17(14(18)3)33-12-15-7-9-16(30-4)10-8-15/h7-10,14,17-22,26H,2,6,11-12H2,1,3-5H3/t14-,17?,18-,19+,20-,21?,22-/m1/s1. The molecular formula is C25H32O9. The van der Waals surface area contributed by atoms with Crippen molar-refractivity contribution < 1.29 is 43.2 Å². The Bertz CT molecular complexity index is 909. The molecule has 1 aromatic rings. The Morgan fingerprint density at radius 3 is 2.41 bits per heavy atom. The number of rotatable bonds is 9. The molecule has 7 atom stereocenters. The summed E-state index contributed by atoms with van der Waals surface area (Å²) in [5, 5.41) is 11.2. The Labute approximate surface area is 199 Å². The van der Waals surface area contributed by atoms with Crippen LogP contribution in [0.2, 0.25) is 0 Å². The lowest BCUT2D eigenvalue weighted by Crippen LogP contribution is -2.31. The average molecular weight is 477 g/mol. The van der Waals surface area contributed by atoms with Crippen LogP contribution in [0.3, 0.4) is 0 Å². The Hall–Kier alpha value is -2.91. The first-order valence-corrected chi connectivity index (χ1v) is 11.3. The Morgan fingerprint density at radius 2 is 1.82 bits per heavy atom. The number of hydrogen-bond donors (Lipinski definition) is 1. The molecule has 9 heteroatoms. The topological polar surface area (TPSA) is 118 Å². The maximum atomic E-state index is 12.4. The van der Waals surface area contributed by atoms with Crippen LogP contribution in [0, 0.1) is 23.7 Å². The number of hydrogen-bond acceptors (Lipinski definition) is 9. The molecule has 0 saturated heterocycles. The van der Waals surface area contributed by atoms with Gasteiger partial charge in [-0.1, -0.05) is 31.2 Å². The van der Waals surface area contributed by atoms with Crippen molar-refractivity contribution in [2.75, 3.05) is 20.8 Å². The van der Waals surface area contributed by atoms with Crippen LogP contribution in [-0.2, 0) is 39.9 Å². The predicted octanol–water partition coefficient (Wildman–Crippen LogP) is 2.05. The smallest absolute Gasteiger partial charge is 0.417 e. The summed E-state index contributed by atoms with van der Waals surface area (Å²) in [7, 11) is 2.66. The maximum Gasteiger partial charge on any atom is 0.417 e. The van der Waals surface area contributed by atoms with Gasteiger partial charge in [0.1, 0.15) is 17.8 Å². The quantitative estimate of drug-likeness (QED) is 0.247. The molecule has 0 heterocycles. The number of methoxy groups -OCH3 is 2. The molecule has 186 valence electrons. The van der Waals surface area contributed by atoms with Gasteiger partial charge in [0.25, 0.3) is 0 Å². The van der Waals surface area contributed by atoms with Crippen LogP contribution in [0.4, 0.5) is 0 Å². The summed E-state index contributed by atoms with van der Waals surface area (Å²) in [6, 6.07) is 7.57. The van der Waals surface area contributed by atoms with Gasteiger partial charge in [-0.2, -0.15) is 0 Å². The zero-order chi connectivity index (χ0) is 25.0. The first-order chi connectivity index (χ1) is 16.2. The molecule has 0 aromatic heterocycles. The molecule has 2 fully saturated rings. The van der Waals surface area contributed by atoms with Crippen molar-refractivity contribution in [3.05, 3.63) is 42.0 Å². The van der Waals surface area contributed by atoms with Gasteiger partial charge in [-0.25, -0.2) is 9.59 Å². The van der Waals surface area contributed by atoms with Crippen LogP contribution >= 0.6 is 0 Å². The minimum atomic E-state index is -1.21. The van der Waals surface area contributed by atoms with E-state index in [0.29, 0.717) is 13.0 Å². The van der Waals surface area contributed by atoms with E-state index in [0.717, 1.165) is 24.0 Å². The van der Waals surface area contributed by atoms with Crippen molar-refractivity contribution in [3.8, 4) is 5.75 Å². The van der Waals surface area contributed by atoms with Gasteiger partial charge in [-0.05, 0) is 37.0 Å². The molecular weight excluding hydrogens is 444 g/mol. The van der Waals surface area contributed by atoms with Gasteiger partial charge >= 0.3 is 17.9 Å². The molecule has 0 aliphatic heterocycles. The Balaban J connectivity index is 1.66. The highest BCUT2D eigenvalue weighted by atomic mass is 16.6. The van der Waals surface area contributed by atoms with E-state index in [1.165, 1.54) is 0 Å². The van der Waals surface area contributed by atoms with E-state index in [1.807, 2.05) is 31.2 Å². The number of aliphatic hydroxyl groups is 1. The summed E-state index contributed by atoms with van der Waals surface area (Å²) >= 11 is 0. The van der Waals surface area contributed by atoms with E-state index in [1.54, 1.807) is 14.0 Å². The van der Waals surface area contributed by atoms with Crippen molar-refractivity contribution in [3.63, 3.8) is 0 Å². The lowest BCUT2D eigenvalue weighted by molar-refractivity contribution is -0.168. The third-order valence-corrected chi connectivity index (χ3v) is 6.63. The van der Waals surface area contributed by atoms with Crippen molar-refractivity contribution in [1.29, 1.82) is 0 Å². The highest BCUT2D eigenvalue weighted by molar-refractivity contribution is 6.29. The second-order valence-electron chi connectivity index (χ2n) is 8.65. The molecule has 1 aromatic carbocycles. The molecule has 3 rings (SSSR count). The lowest BCUT2D eigenvalue weighted by Gasteiger charge is -2.26. The molecule has 0 amide bonds. The Kier molecular flexibility index (Phi) is 8.33. The van der Waals surface area contributed by atoms with Crippen molar-refractivity contribution in [1.82, 2.24) is 0 Å². The third-order valence-electron chi connectivity index (χ3n) is 6.63. The SMILES string of the molecule is C=C1CC(OCc2ccc(OC)cc2)[C@@H](C)[C@@H]1C(O)[C@H]1[C@@H](OC(=O)C(=O)OC)[C@@H]1C(=O)OCC. The second kappa shape index (κ2) is 11.0. The molecule has 2 aliphatic rings. The summed E-state index contributed by atoms with van der Waals surface area (Å²) < 4.78 is 25.9. The molecule has 0 radical (unpaired) electrons. The van der Waals surface area contributed by atoms with E-state index in [2.05, 4.69) is 11.3 Å². The van der Waals surface area contributed by atoms with E-state index in [4.69, 9.17) is 18.9 Å². The fourth-order valence-electron chi connectivity index (χ4n) is 4.76. The van der Waals surface area contributed by atoms with Crippen LogP contribution in [0.5, 0.6) is 5.75 Å². The fraction of sp³-hybridized carbons (Fsp3) is 0.560. The van der Waals surface area contributed by atoms with Gasteiger partial charge in [0.05, 0.1) is 39.6 Å². The molecule has 0 spiro atoms. The summed E-state index contributed by atoms with van der Waals surface area (Å²) in [6.45, 7) is 8.28. The van der Waals surface area contributed by atoms with Crippen molar-refractivity contribution >= 4 is 17.9 Å². The van der Waals surface area contributed by atoms with E-state index in [-0.39, 0.29) is 24.5 Å². The van der Waals surface area contributed by atoms with Gasteiger partial charge in [0.15, 0.2) is 0 Å². The molecule has 9 nitrogen and oxygen atoms in total. The van der Waals surface area contributed by atoms with Crippen LogP contribution in [0.1, 0.15) is 25.8 Å². The number of benzene rings is 1. The average Bonchev–Trinajstić information content (AvgIpc) is 3.47. The normalized spacial score (nSPS) is 28.7. The van der Waals surface area contributed by atoms with E-state index in [9.17, 15) is 19.5 Å². The number of carbonyl (C=O) groups excluding carboxylic acids is 3. The molecule has 1 N–H and O–H groups in total. The first-order valence-electron chi connectivity index (χ1n) is 11.3. The monoisotopic (exact) mass is 476 g/mol. The summed E-state index contributed by atoms with van der Waals surface area (Å²) in [4.78, 5) is 35.8. The van der Waals surface area contributed by atoms with Gasteiger partial charge in [0.2, 0.25) is 0 Å².